The van der Waals surface area contributed by atoms with Crippen LogP contribution in [-0.4, -0.2) is 51.0 Å². The predicted octanol–water partition coefficient (Wildman–Crippen LogP) is 5.08. The Morgan fingerprint density at radius 2 is 1.53 bits per heavy atom. The van der Waals surface area contributed by atoms with Gasteiger partial charge in [-0.05, 0) is 59.7 Å². The Morgan fingerprint density at radius 1 is 0.884 bits per heavy atom. The van der Waals surface area contributed by atoms with Crippen molar-refractivity contribution >= 4 is 28.4 Å². The molecule has 0 aliphatic rings. The molecule has 0 atom stereocenters. The number of nitrogens with two attached hydrogens (primary N) is 1. The number of hydrogen-bond donors (Lipinski definition) is 1. The number of hydrogen-bond acceptors (Lipinski definition) is 9. The van der Waals surface area contributed by atoms with Crippen LogP contribution in [0, 0.1) is 0 Å². The molecule has 0 aliphatic carbocycles. The monoisotopic (exact) mass is 580 g/mol. The molecular formula is C33H32N4O6. The second-order valence-electron chi connectivity index (χ2n) is 9.77. The topological polar surface area (TPSA) is 118 Å². The van der Waals surface area contributed by atoms with Crippen LogP contribution < -0.4 is 30.4 Å². The molecule has 0 radical (unpaired) electrons. The van der Waals surface area contributed by atoms with E-state index in [2.05, 4.69) is 0 Å². The molecule has 0 saturated carbocycles. The van der Waals surface area contributed by atoms with Crippen LogP contribution in [0.4, 0.5) is 11.5 Å². The summed E-state index contributed by atoms with van der Waals surface area (Å²) < 4.78 is 23.3. The minimum Gasteiger partial charge on any atom is -0.493 e. The summed E-state index contributed by atoms with van der Waals surface area (Å²) in [6.07, 6.45) is 0. The second-order valence-corrected chi connectivity index (χ2v) is 9.77. The van der Waals surface area contributed by atoms with E-state index >= 15 is 0 Å². The van der Waals surface area contributed by atoms with E-state index in [1.54, 1.807) is 42.5 Å². The van der Waals surface area contributed by atoms with E-state index in [1.165, 1.54) is 33.0 Å². The average molecular weight is 581 g/mol. The van der Waals surface area contributed by atoms with Crippen molar-refractivity contribution in [3.05, 3.63) is 100 Å². The number of nitrogen functional groups attached to an aromatic ring is 1. The molecule has 43 heavy (non-hydrogen) atoms. The molecule has 0 amide bonds. The van der Waals surface area contributed by atoms with Crippen molar-refractivity contribution in [1.82, 2.24) is 9.55 Å². The molecule has 0 bridgehead atoms. The summed E-state index contributed by atoms with van der Waals surface area (Å²) in [5.41, 5.74) is 8.56. The fourth-order valence-corrected chi connectivity index (χ4v) is 5.09. The second kappa shape index (κ2) is 12.2. The molecule has 2 N–H and O–H groups in total. The lowest BCUT2D eigenvalue weighted by Crippen LogP contribution is -2.28. The lowest BCUT2D eigenvalue weighted by atomic mass is 9.97. The molecule has 0 unspecified atom stereocenters. The van der Waals surface area contributed by atoms with Gasteiger partial charge in [0.1, 0.15) is 17.0 Å². The van der Waals surface area contributed by atoms with Crippen LogP contribution >= 0.6 is 0 Å². The summed E-state index contributed by atoms with van der Waals surface area (Å²) in [4.78, 5) is 34.6. The highest BCUT2D eigenvalue weighted by Gasteiger charge is 2.28. The number of aromatic nitrogens is 2. The first kappa shape index (κ1) is 29.0. The van der Waals surface area contributed by atoms with E-state index in [4.69, 9.17) is 29.7 Å². The van der Waals surface area contributed by atoms with Gasteiger partial charge in [0.2, 0.25) is 5.75 Å². The van der Waals surface area contributed by atoms with Gasteiger partial charge in [0.15, 0.2) is 11.5 Å². The van der Waals surface area contributed by atoms with Gasteiger partial charge < -0.3 is 29.6 Å². The van der Waals surface area contributed by atoms with E-state index in [0.717, 1.165) is 5.56 Å². The van der Waals surface area contributed by atoms with Gasteiger partial charge in [-0.2, -0.15) is 0 Å². The van der Waals surface area contributed by atoms with Crippen molar-refractivity contribution in [1.29, 1.82) is 0 Å². The molecule has 0 fully saturated rings. The number of nitrogens with zero attached hydrogens (tertiary/aromatic N) is 3. The Labute approximate surface area is 248 Å². The zero-order chi connectivity index (χ0) is 30.7. The number of pyridine rings is 2. The fourth-order valence-electron chi connectivity index (χ4n) is 5.09. The average Bonchev–Trinajstić information content (AvgIpc) is 3.04. The summed E-state index contributed by atoms with van der Waals surface area (Å²) in [6, 6.07) is 23.6. The fraction of sp³-hybridized carbons (Fsp3) is 0.182. The standard InChI is InChI=1S/C33H32N4O6/c1-36(19-20-9-7-6-8-10-20)27-16-15-24-28(21-17-25(40-2)31(42-4)26(18-21)41-3)30(33(39)43-5)37(32(38)29(24)35-27)23-13-11-22(34)12-14-23/h6-18H,19,34H2,1-5H3. The molecule has 10 heteroatoms. The molecule has 0 spiro atoms. The molecule has 10 nitrogen and oxygen atoms in total. The first-order valence-corrected chi connectivity index (χ1v) is 13.4. The number of carbonyl (C=O) groups is 1. The Morgan fingerprint density at radius 3 is 2.12 bits per heavy atom. The first-order valence-electron chi connectivity index (χ1n) is 13.4. The number of carbonyl (C=O) groups excluding carboxylic acids is 1. The number of methoxy groups -OCH3 is 4. The van der Waals surface area contributed by atoms with Crippen molar-refractivity contribution in [2.24, 2.45) is 0 Å². The summed E-state index contributed by atoms with van der Waals surface area (Å²) in [7, 11) is 7.69. The summed E-state index contributed by atoms with van der Waals surface area (Å²) in [5.74, 6) is 0.993. The highest BCUT2D eigenvalue weighted by atomic mass is 16.5. The van der Waals surface area contributed by atoms with E-state index in [1.807, 2.05) is 48.3 Å². The number of benzene rings is 3. The van der Waals surface area contributed by atoms with Gasteiger partial charge in [0.05, 0.1) is 28.4 Å². The number of rotatable bonds is 9. The van der Waals surface area contributed by atoms with E-state index in [0.29, 0.717) is 57.5 Å². The highest BCUT2D eigenvalue weighted by Crippen LogP contribution is 2.43. The lowest BCUT2D eigenvalue weighted by molar-refractivity contribution is 0.0591. The zero-order valence-corrected chi connectivity index (χ0v) is 24.6. The van der Waals surface area contributed by atoms with Gasteiger partial charge in [0.25, 0.3) is 5.56 Å². The molecule has 0 aliphatic heterocycles. The molecule has 5 rings (SSSR count). The zero-order valence-electron chi connectivity index (χ0n) is 24.6. The smallest absolute Gasteiger partial charge is 0.355 e. The number of anilines is 2. The van der Waals surface area contributed by atoms with Crippen molar-refractivity contribution < 1.29 is 23.7 Å². The summed E-state index contributed by atoms with van der Waals surface area (Å²) in [5, 5.41) is 0.447. The number of ether oxygens (including phenoxy) is 4. The maximum absolute atomic E-state index is 14.3. The summed E-state index contributed by atoms with van der Waals surface area (Å²) in [6.45, 7) is 0.575. The SMILES string of the molecule is COC(=O)c1c(-c2cc(OC)c(OC)c(OC)c2)c2ccc(N(C)Cc3ccccc3)nc2c(=O)n1-c1ccc(N)cc1. The lowest BCUT2D eigenvalue weighted by Gasteiger charge is -2.22. The third kappa shape index (κ3) is 5.42. The van der Waals surface area contributed by atoms with Gasteiger partial charge in [-0.25, -0.2) is 9.78 Å². The van der Waals surface area contributed by atoms with Crippen LogP contribution in [0.3, 0.4) is 0 Å². The maximum Gasteiger partial charge on any atom is 0.355 e. The largest absolute Gasteiger partial charge is 0.493 e. The van der Waals surface area contributed by atoms with E-state index < -0.39 is 11.5 Å². The van der Waals surface area contributed by atoms with Crippen LogP contribution in [0.2, 0.25) is 0 Å². The minimum absolute atomic E-state index is 0.00577. The molecule has 0 saturated heterocycles. The quantitative estimate of drug-likeness (QED) is 0.188. The Hall–Kier alpha value is -5.51. The van der Waals surface area contributed by atoms with Gasteiger partial charge >= 0.3 is 5.97 Å². The third-order valence-electron chi connectivity index (χ3n) is 7.15. The Bertz CT molecular complexity index is 1830. The normalized spacial score (nSPS) is 10.8. The molecular weight excluding hydrogens is 548 g/mol. The van der Waals surface area contributed by atoms with Crippen molar-refractivity contribution in [3.8, 4) is 34.1 Å². The van der Waals surface area contributed by atoms with Crippen molar-refractivity contribution in [2.45, 2.75) is 6.54 Å². The molecule has 3 aromatic carbocycles. The first-order chi connectivity index (χ1) is 20.8. The van der Waals surface area contributed by atoms with Crippen LogP contribution in [-0.2, 0) is 11.3 Å². The van der Waals surface area contributed by atoms with Gasteiger partial charge in [0, 0.05) is 35.9 Å². The Kier molecular flexibility index (Phi) is 8.20. The van der Waals surface area contributed by atoms with Crippen LogP contribution in [0.15, 0.2) is 83.7 Å². The molecule has 2 heterocycles. The minimum atomic E-state index is -0.718. The van der Waals surface area contributed by atoms with Crippen LogP contribution in [0.1, 0.15) is 16.1 Å². The molecule has 5 aromatic rings. The third-order valence-corrected chi connectivity index (χ3v) is 7.15. The van der Waals surface area contributed by atoms with E-state index in [9.17, 15) is 9.59 Å². The highest BCUT2D eigenvalue weighted by molar-refractivity contribution is 6.07. The molecule has 2 aromatic heterocycles. The van der Waals surface area contributed by atoms with Crippen molar-refractivity contribution in [3.63, 3.8) is 0 Å². The van der Waals surface area contributed by atoms with Gasteiger partial charge in [-0.3, -0.25) is 9.36 Å². The maximum atomic E-state index is 14.3. The van der Waals surface area contributed by atoms with Gasteiger partial charge in [-0.1, -0.05) is 30.3 Å². The number of esters is 1. The molecule has 220 valence electrons. The van der Waals surface area contributed by atoms with Crippen molar-refractivity contribution in [2.75, 3.05) is 46.1 Å². The van der Waals surface area contributed by atoms with Gasteiger partial charge in [-0.15, -0.1) is 0 Å². The van der Waals surface area contributed by atoms with E-state index in [-0.39, 0.29) is 11.2 Å². The predicted molar refractivity (Wildman–Crippen MR) is 167 cm³/mol. The Balaban J connectivity index is 1.87. The van der Waals surface area contributed by atoms with Crippen LogP contribution in [0.5, 0.6) is 17.2 Å². The summed E-state index contributed by atoms with van der Waals surface area (Å²) >= 11 is 0. The van der Waals surface area contributed by atoms with Crippen LogP contribution in [0.25, 0.3) is 27.7 Å². The number of fused-ring (bicyclic) bond motifs is 1.